The van der Waals surface area contributed by atoms with Crippen LogP contribution >= 0.6 is 11.6 Å². The van der Waals surface area contributed by atoms with Crippen molar-refractivity contribution in [1.82, 2.24) is 4.90 Å². The summed E-state index contributed by atoms with van der Waals surface area (Å²) in [6, 6.07) is 17.3. The molecule has 10 heteroatoms. The maximum atomic E-state index is 14.4. The van der Waals surface area contributed by atoms with Gasteiger partial charge >= 0.3 is 12.1 Å². The van der Waals surface area contributed by atoms with Gasteiger partial charge < -0.3 is 13.9 Å². The first-order valence-electron chi connectivity index (χ1n) is 14.1. The smallest absolute Gasteiger partial charge is 0.449 e. The van der Waals surface area contributed by atoms with Crippen molar-refractivity contribution in [3.05, 3.63) is 105 Å². The summed E-state index contributed by atoms with van der Waals surface area (Å²) in [6.45, 7) is 9.36. The zero-order valence-electron chi connectivity index (χ0n) is 24.8. The molecule has 0 radical (unpaired) electrons. The van der Waals surface area contributed by atoms with E-state index in [-0.39, 0.29) is 46.4 Å². The Morgan fingerprint density at radius 3 is 2.18 bits per heavy atom. The number of esters is 1. The molecule has 232 valence electrons. The molecule has 0 bridgehead atoms. The Balaban J connectivity index is 1.87. The van der Waals surface area contributed by atoms with Gasteiger partial charge in [0, 0.05) is 30.7 Å². The van der Waals surface area contributed by atoms with Gasteiger partial charge in [0.15, 0.2) is 0 Å². The molecule has 1 aromatic heterocycles. The van der Waals surface area contributed by atoms with Crippen molar-refractivity contribution in [3.8, 4) is 17.2 Å². The number of halogens is 4. The predicted molar refractivity (Wildman–Crippen MR) is 165 cm³/mol. The number of carbonyl (C=O) groups excluding carboxylic acids is 1. The summed E-state index contributed by atoms with van der Waals surface area (Å²) in [5.41, 5.74) is -0.445. The van der Waals surface area contributed by atoms with E-state index in [0.29, 0.717) is 18.1 Å². The van der Waals surface area contributed by atoms with Crippen LogP contribution in [0.1, 0.15) is 44.6 Å². The van der Waals surface area contributed by atoms with Crippen LogP contribution < -0.4 is 14.9 Å². The average molecular weight is 628 g/mol. The van der Waals surface area contributed by atoms with Crippen molar-refractivity contribution in [2.45, 2.75) is 40.4 Å². The Labute approximate surface area is 258 Å². The van der Waals surface area contributed by atoms with Crippen LogP contribution in [0.25, 0.3) is 17.0 Å². The van der Waals surface area contributed by atoms with Gasteiger partial charge in [0.1, 0.15) is 17.1 Å². The fraction of sp³-hybridized carbons (Fsp3) is 0.294. The summed E-state index contributed by atoms with van der Waals surface area (Å²) >= 11 is 5.89. The Bertz CT molecular complexity index is 1670. The molecule has 0 saturated carbocycles. The zero-order chi connectivity index (χ0) is 32.0. The monoisotopic (exact) mass is 627 g/mol. The minimum Gasteiger partial charge on any atom is -0.449 e. The minimum atomic E-state index is -5.08. The standard InChI is InChI=1S/C34H33ClF3NO5/c1-21(2)18-39(19-22(3)4)20-27-28(43-29(40)17-10-23-8-6-5-7-9-23)16-15-26-30(41)32(33(34(36,37)38)44-31(26)27)42-25-13-11-24(35)12-14-25/h5-17,21-22H,18-20H2,1-4H3/b17-10+. The molecular formula is C34H33ClF3NO5. The Morgan fingerprint density at radius 1 is 0.955 bits per heavy atom. The highest BCUT2D eigenvalue weighted by Gasteiger charge is 2.41. The van der Waals surface area contributed by atoms with Gasteiger partial charge in [-0.05, 0) is 59.9 Å². The molecule has 0 atom stereocenters. The zero-order valence-corrected chi connectivity index (χ0v) is 25.5. The molecule has 44 heavy (non-hydrogen) atoms. The van der Waals surface area contributed by atoms with Gasteiger partial charge in [-0.15, -0.1) is 0 Å². The van der Waals surface area contributed by atoms with Crippen LogP contribution in [0.3, 0.4) is 0 Å². The van der Waals surface area contributed by atoms with Gasteiger partial charge in [0.25, 0.3) is 5.76 Å². The summed E-state index contributed by atoms with van der Waals surface area (Å²) in [5.74, 6) is -2.94. The van der Waals surface area contributed by atoms with E-state index in [0.717, 1.165) is 5.56 Å². The van der Waals surface area contributed by atoms with Gasteiger partial charge in [0.05, 0.1) is 10.9 Å². The van der Waals surface area contributed by atoms with E-state index in [1.165, 1.54) is 42.5 Å². The number of fused-ring (bicyclic) bond motifs is 1. The molecule has 0 aliphatic rings. The molecular weight excluding hydrogens is 595 g/mol. The number of hydrogen-bond donors (Lipinski definition) is 0. The van der Waals surface area contributed by atoms with Gasteiger partial charge in [-0.2, -0.15) is 13.2 Å². The third-order valence-corrected chi connectivity index (χ3v) is 6.67. The highest BCUT2D eigenvalue weighted by atomic mass is 35.5. The SMILES string of the molecule is CC(C)CN(Cc1c(OC(=O)/C=C/c2ccccc2)ccc2c(=O)c(Oc3ccc(Cl)cc3)c(C(F)(F)F)oc12)CC(C)C. The number of ether oxygens (including phenoxy) is 2. The Morgan fingerprint density at radius 2 is 1.59 bits per heavy atom. The molecule has 0 N–H and O–H groups in total. The molecule has 0 aliphatic heterocycles. The van der Waals surface area contributed by atoms with Crippen LogP contribution in [0.5, 0.6) is 17.2 Å². The van der Waals surface area contributed by atoms with E-state index in [1.54, 1.807) is 18.2 Å². The largest absolute Gasteiger partial charge is 0.453 e. The van der Waals surface area contributed by atoms with E-state index in [4.69, 9.17) is 25.5 Å². The molecule has 0 unspecified atom stereocenters. The van der Waals surface area contributed by atoms with Crippen LogP contribution in [0.15, 0.2) is 82.0 Å². The third-order valence-electron chi connectivity index (χ3n) is 6.42. The topological polar surface area (TPSA) is 69.0 Å². The summed E-state index contributed by atoms with van der Waals surface area (Å²) in [5, 5.41) is 0.197. The maximum Gasteiger partial charge on any atom is 0.453 e. The second-order valence-electron chi connectivity index (χ2n) is 11.2. The molecule has 3 aromatic carbocycles. The Kier molecular flexibility index (Phi) is 10.5. The van der Waals surface area contributed by atoms with Gasteiger partial charge in [0.2, 0.25) is 11.2 Å². The van der Waals surface area contributed by atoms with Crippen LogP contribution in [0.2, 0.25) is 5.02 Å². The van der Waals surface area contributed by atoms with E-state index in [9.17, 15) is 22.8 Å². The third kappa shape index (κ3) is 8.51. The predicted octanol–water partition coefficient (Wildman–Crippen LogP) is 8.99. The van der Waals surface area contributed by atoms with Crippen molar-refractivity contribution < 1.29 is 31.9 Å². The highest BCUT2D eigenvalue weighted by Crippen LogP contribution is 2.40. The van der Waals surface area contributed by atoms with E-state index < -0.39 is 29.1 Å². The summed E-state index contributed by atoms with van der Waals surface area (Å²) in [4.78, 5) is 28.5. The molecule has 6 nitrogen and oxygen atoms in total. The van der Waals surface area contributed by atoms with Crippen molar-refractivity contribution in [2.24, 2.45) is 11.8 Å². The van der Waals surface area contributed by atoms with Crippen molar-refractivity contribution >= 4 is 34.6 Å². The van der Waals surface area contributed by atoms with Crippen LogP contribution in [-0.2, 0) is 17.5 Å². The molecule has 0 aliphatic carbocycles. The first kappa shape index (κ1) is 32.8. The number of benzene rings is 3. The molecule has 0 amide bonds. The normalized spacial score (nSPS) is 12.2. The number of hydrogen-bond acceptors (Lipinski definition) is 6. The first-order valence-corrected chi connectivity index (χ1v) is 14.5. The fourth-order valence-corrected chi connectivity index (χ4v) is 4.88. The number of alkyl halides is 3. The van der Waals surface area contributed by atoms with Crippen LogP contribution in [0, 0.1) is 11.8 Å². The molecule has 1 heterocycles. The quantitative estimate of drug-likeness (QED) is 0.0939. The molecule has 0 saturated heterocycles. The molecule has 0 spiro atoms. The summed E-state index contributed by atoms with van der Waals surface area (Å²) in [6.07, 6.45) is -2.29. The lowest BCUT2D eigenvalue weighted by Gasteiger charge is -2.27. The first-order chi connectivity index (χ1) is 20.8. The van der Waals surface area contributed by atoms with E-state index in [2.05, 4.69) is 0 Å². The van der Waals surface area contributed by atoms with Crippen LogP contribution in [-0.4, -0.2) is 24.0 Å². The lowest BCUT2D eigenvalue weighted by atomic mass is 10.1. The van der Waals surface area contributed by atoms with Crippen molar-refractivity contribution in [3.63, 3.8) is 0 Å². The Hall–Kier alpha value is -4.08. The van der Waals surface area contributed by atoms with Crippen molar-refractivity contribution in [1.29, 1.82) is 0 Å². The fourth-order valence-electron chi connectivity index (χ4n) is 4.75. The van der Waals surface area contributed by atoms with E-state index >= 15 is 0 Å². The molecule has 0 fully saturated rings. The molecule has 4 aromatic rings. The number of carbonyl (C=O) groups is 1. The summed E-state index contributed by atoms with van der Waals surface area (Å²) in [7, 11) is 0. The second kappa shape index (κ2) is 14.1. The molecule has 4 rings (SSSR count). The lowest BCUT2D eigenvalue weighted by Crippen LogP contribution is -2.31. The van der Waals surface area contributed by atoms with Crippen molar-refractivity contribution in [2.75, 3.05) is 13.1 Å². The van der Waals surface area contributed by atoms with Gasteiger partial charge in [-0.1, -0.05) is 69.6 Å². The summed E-state index contributed by atoms with van der Waals surface area (Å²) < 4.78 is 59.8. The maximum absolute atomic E-state index is 14.4. The number of nitrogens with zero attached hydrogens (tertiary/aromatic N) is 1. The average Bonchev–Trinajstić information content (AvgIpc) is 2.95. The minimum absolute atomic E-state index is 0.0135. The van der Waals surface area contributed by atoms with E-state index in [1.807, 2.05) is 50.8 Å². The van der Waals surface area contributed by atoms with Gasteiger partial charge in [-0.25, -0.2) is 4.79 Å². The van der Waals surface area contributed by atoms with Crippen LogP contribution in [0.4, 0.5) is 13.2 Å². The second-order valence-corrected chi connectivity index (χ2v) is 11.6. The lowest BCUT2D eigenvalue weighted by molar-refractivity contribution is -0.154. The number of rotatable bonds is 11. The highest BCUT2D eigenvalue weighted by molar-refractivity contribution is 6.30. The van der Waals surface area contributed by atoms with Gasteiger partial charge in [-0.3, -0.25) is 9.69 Å².